The molecular formula is C2H5N3O2. The lowest BCUT2D eigenvalue weighted by atomic mass is 10.7. The maximum absolute atomic E-state index is 9.35. The van der Waals surface area contributed by atoms with Crippen molar-refractivity contribution in [3.63, 3.8) is 0 Å². The summed E-state index contributed by atoms with van der Waals surface area (Å²) in [6, 6.07) is 0. The van der Waals surface area contributed by atoms with Gasteiger partial charge in [-0.2, -0.15) is 0 Å². The first-order valence-corrected chi connectivity index (χ1v) is 1.58. The third-order valence-corrected chi connectivity index (χ3v) is 0.239. The summed E-state index contributed by atoms with van der Waals surface area (Å²) in [6.45, 7) is 1.35. The highest BCUT2D eigenvalue weighted by Crippen LogP contribution is 1.66. The molecule has 0 heterocycles. The smallest absolute Gasteiger partial charge is 0.192 e. The minimum absolute atomic E-state index is 0.0370. The van der Waals surface area contributed by atoms with Crippen LogP contribution in [0.3, 0.4) is 0 Å². The van der Waals surface area contributed by atoms with Crippen LogP contribution < -0.4 is 5.73 Å². The molecule has 0 aromatic heterocycles. The van der Waals surface area contributed by atoms with Crippen LogP contribution in [0.2, 0.25) is 0 Å². The number of hydrogen-bond donors (Lipinski definition) is 1. The molecule has 0 atom stereocenters. The van der Waals surface area contributed by atoms with E-state index >= 15 is 0 Å². The third-order valence-electron chi connectivity index (χ3n) is 0.239. The zero-order chi connectivity index (χ0) is 5.86. The Balaban J connectivity index is 3.68. The van der Waals surface area contributed by atoms with E-state index in [9.17, 15) is 10.1 Å². The Morgan fingerprint density at radius 2 is 2.43 bits per heavy atom. The molecule has 7 heavy (non-hydrogen) atoms. The predicted molar refractivity (Wildman–Crippen MR) is 24.3 cm³/mol. The van der Waals surface area contributed by atoms with Crippen LogP contribution in [-0.4, -0.2) is 10.9 Å². The number of nitrogens with zero attached hydrogens (tertiary/aromatic N) is 2. The Bertz CT molecular complexity index is 104. The largest absolute Gasteiger partial charge is 0.382 e. The van der Waals surface area contributed by atoms with Gasteiger partial charge >= 0.3 is 0 Å². The van der Waals surface area contributed by atoms with Crippen molar-refractivity contribution in [2.45, 2.75) is 6.92 Å². The van der Waals surface area contributed by atoms with Crippen molar-refractivity contribution >= 4 is 5.84 Å². The Labute approximate surface area is 40.0 Å². The monoisotopic (exact) mass is 103 g/mol. The van der Waals surface area contributed by atoms with Gasteiger partial charge in [-0.3, -0.25) is 0 Å². The fourth-order valence-corrected chi connectivity index (χ4v) is 0.129. The molecule has 0 aliphatic heterocycles. The second-order valence-corrected chi connectivity index (χ2v) is 0.979. The van der Waals surface area contributed by atoms with Crippen LogP contribution in [0.4, 0.5) is 0 Å². The lowest BCUT2D eigenvalue weighted by Gasteiger charge is -1.75. The van der Waals surface area contributed by atoms with Gasteiger partial charge < -0.3 is 5.73 Å². The summed E-state index contributed by atoms with van der Waals surface area (Å²) in [5.41, 5.74) is 4.80. The first-order chi connectivity index (χ1) is 3.13. The maximum Gasteiger partial charge on any atom is 0.192 e. The molecule has 5 nitrogen and oxygen atoms in total. The molecule has 0 saturated heterocycles. The van der Waals surface area contributed by atoms with Crippen LogP contribution in [0.5, 0.6) is 0 Å². The average molecular weight is 103 g/mol. The van der Waals surface area contributed by atoms with Gasteiger partial charge in [0.2, 0.25) is 0 Å². The molecule has 0 bridgehead atoms. The predicted octanol–water partition coefficient (Wildman–Crippen LogP) is -0.445. The highest BCUT2D eigenvalue weighted by Gasteiger charge is 1.86. The normalized spacial score (nSPS) is 11.3. The average Bonchev–Trinajstić information content (AvgIpc) is 1.27. The molecule has 5 heteroatoms. The van der Waals surface area contributed by atoms with Crippen molar-refractivity contribution in [2.24, 2.45) is 10.8 Å². The Hall–Kier alpha value is -1.13. The molecule has 0 aliphatic carbocycles. The zero-order valence-electron chi connectivity index (χ0n) is 3.79. The third kappa shape index (κ3) is 4.87. The molecule has 0 saturated carbocycles. The maximum atomic E-state index is 9.35. The standard InChI is InChI=1S/C2H5N3O2/c1-2(3)4-5(6)7/h1H3,(H2,3,4). The molecule has 0 rings (SSSR count). The molecule has 0 fully saturated rings. The summed E-state index contributed by atoms with van der Waals surface area (Å²) in [7, 11) is 0. The lowest BCUT2D eigenvalue weighted by Crippen LogP contribution is -2.07. The van der Waals surface area contributed by atoms with E-state index in [0.717, 1.165) is 0 Å². The quantitative estimate of drug-likeness (QED) is 0.211. The molecule has 0 aromatic carbocycles. The van der Waals surface area contributed by atoms with E-state index in [1.807, 2.05) is 0 Å². The molecule has 0 aromatic rings. The van der Waals surface area contributed by atoms with Crippen molar-refractivity contribution in [2.75, 3.05) is 0 Å². The van der Waals surface area contributed by atoms with Crippen LogP contribution in [0, 0.1) is 10.1 Å². The molecule has 0 spiro atoms. The van der Waals surface area contributed by atoms with E-state index in [1.54, 1.807) is 0 Å². The van der Waals surface area contributed by atoms with E-state index in [4.69, 9.17) is 5.73 Å². The molecular weight excluding hydrogens is 98.0 g/mol. The summed E-state index contributed by atoms with van der Waals surface area (Å²) in [5, 5.41) is 11.2. The zero-order valence-corrected chi connectivity index (χ0v) is 3.79. The van der Waals surface area contributed by atoms with Gasteiger partial charge in [-0.05, 0) is 6.92 Å². The van der Waals surface area contributed by atoms with Gasteiger partial charge in [0.05, 0.1) is 5.10 Å². The number of nitrogens with two attached hydrogens (primary N) is 1. The number of hydrazone groups is 1. The van der Waals surface area contributed by atoms with E-state index in [1.165, 1.54) is 6.92 Å². The van der Waals surface area contributed by atoms with Gasteiger partial charge in [-0.25, -0.2) is 10.1 Å². The number of nitro groups is 1. The Kier molecular flexibility index (Phi) is 1.78. The molecule has 0 amide bonds. The summed E-state index contributed by atoms with van der Waals surface area (Å²) in [4.78, 5) is 9.35. The Morgan fingerprint density at radius 1 is 2.00 bits per heavy atom. The second kappa shape index (κ2) is 2.12. The van der Waals surface area contributed by atoms with Crippen LogP contribution in [0.25, 0.3) is 0 Å². The summed E-state index contributed by atoms with van der Waals surface area (Å²) >= 11 is 0. The number of rotatable bonds is 1. The van der Waals surface area contributed by atoms with Crippen molar-refractivity contribution in [1.82, 2.24) is 0 Å². The Morgan fingerprint density at radius 3 is 2.43 bits per heavy atom. The van der Waals surface area contributed by atoms with E-state index in [-0.39, 0.29) is 5.84 Å². The highest BCUT2D eigenvalue weighted by atomic mass is 16.7. The van der Waals surface area contributed by atoms with Gasteiger partial charge in [0.1, 0.15) is 0 Å². The minimum atomic E-state index is -0.838. The fourth-order valence-electron chi connectivity index (χ4n) is 0.129. The number of hydrogen-bond acceptors (Lipinski definition) is 2. The summed E-state index contributed by atoms with van der Waals surface area (Å²) in [5.74, 6) is -0.0370. The topological polar surface area (TPSA) is 81.5 Å². The lowest BCUT2D eigenvalue weighted by molar-refractivity contribution is -0.485. The van der Waals surface area contributed by atoms with Crippen LogP contribution in [0.1, 0.15) is 6.92 Å². The minimum Gasteiger partial charge on any atom is -0.382 e. The first-order valence-electron chi connectivity index (χ1n) is 1.58. The van der Waals surface area contributed by atoms with Gasteiger partial charge in [-0.1, -0.05) is 0 Å². The molecule has 40 valence electrons. The second-order valence-electron chi connectivity index (χ2n) is 0.979. The highest BCUT2D eigenvalue weighted by molar-refractivity contribution is 5.76. The fraction of sp³-hybridized carbons (Fsp3) is 0.500. The summed E-state index contributed by atoms with van der Waals surface area (Å²) < 4.78 is 0. The van der Waals surface area contributed by atoms with Crippen LogP contribution >= 0.6 is 0 Å². The SMILES string of the molecule is C/C(N)=N/[N+](=O)[O-]. The van der Waals surface area contributed by atoms with Crippen LogP contribution in [-0.2, 0) is 0 Å². The summed E-state index contributed by atoms with van der Waals surface area (Å²) in [6.07, 6.45) is 0. The van der Waals surface area contributed by atoms with Gasteiger partial charge in [-0.15, -0.1) is 0 Å². The van der Waals surface area contributed by atoms with E-state index in [2.05, 4.69) is 5.10 Å². The van der Waals surface area contributed by atoms with E-state index < -0.39 is 5.03 Å². The van der Waals surface area contributed by atoms with Crippen molar-refractivity contribution in [1.29, 1.82) is 0 Å². The van der Waals surface area contributed by atoms with Gasteiger partial charge in [0.15, 0.2) is 10.9 Å². The van der Waals surface area contributed by atoms with Crippen LogP contribution in [0.15, 0.2) is 5.10 Å². The molecule has 0 radical (unpaired) electrons. The molecule has 0 aliphatic rings. The van der Waals surface area contributed by atoms with Gasteiger partial charge in [0.25, 0.3) is 0 Å². The van der Waals surface area contributed by atoms with Crippen molar-refractivity contribution in [3.05, 3.63) is 10.1 Å². The van der Waals surface area contributed by atoms with Crippen molar-refractivity contribution in [3.8, 4) is 0 Å². The van der Waals surface area contributed by atoms with E-state index in [0.29, 0.717) is 0 Å². The molecule has 2 N–H and O–H groups in total. The van der Waals surface area contributed by atoms with Crippen molar-refractivity contribution < 1.29 is 5.03 Å². The molecule has 0 unspecified atom stereocenters. The van der Waals surface area contributed by atoms with Gasteiger partial charge in [0, 0.05) is 0 Å². The number of amidine groups is 1. The first kappa shape index (κ1) is 5.87.